The Morgan fingerprint density at radius 2 is 1.94 bits per heavy atom. The van der Waals surface area contributed by atoms with Crippen molar-refractivity contribution in [3.05, 3.63) is 41.4 Å². The van der Waals surface area contributed by atoms with Crippen LogP contribution in [0.1, 0.15) is 0 Å². The molecule has 0 bridgehead atoms. The van der Waals surface area contributed by atoms with Gasteiger partial charge in [0.05, 0.1) is 25.1 Å². The molecule has 0 saturated carbocycles. The summed E-state index contributed by atoms with van der Waals surface area (Å²) in [5.41, 5.74) is 0.273. The molecule has 0 unspecified atom stereocenters. The van der Waals surface area contributed by atoms with Crippen molar-refractivity contribution in [3.8, 4) is 17.1 Å². The van der Waals surface area contributed by atoms with E-state index in [1.165, 1.54) is 37.7 Å². The van der Waals surface area contributed by atoms with Gasteiger partial charge in [-0.05, 0) is 18.2 Å². The number of hydrogen-bond donors (Lipinski definition) is 0. The second-order valence-corrected chi connectivity index (χ2v) is 3.51. The van der Waals surface area contributed by atoms with Gasteiger partial charge < -0.3 is 4.74 Å². The number of aromatic nitrogens is 2. The molecule has 0 aliphatic heterocycles. The summed E-state index contributed by atoms with van der Waals surface area (Å²) in [5.74, 6) is 0.390. The van der Waals surface area contributed by atoms with Crippen LogP contribution in [-0.4, -0.2) is 17.1 Å². The molecule has 2 aromatic rings. The number of nitrogens with zero attached hydrogens (tertiary/aromatic N) is 2. The molecule has 0 saturated heterocycles. The van der Waals surface area contributed by atoms with E-state index in [4.69, 9.17) is 16.3 Å². The van der Waals surface area contributed by atoms with Gasteiger partial charge >= 0.3 is 0 Å². The standard InChI is InChI=1S/C11H8ClFN2O/c1-16-8-5-14-11(15-6-8)9-4-7(12)2-3-10(9)13/h2-6H,1H3. The van der Waals surface area contributed by atoms with Crippen LogP contribution in [0.3, 0.4) is 0 Å². The first kappa shape index (κ1) is 10.8. The largest absolute Gasteiger partial charge is 0.494 e. The van der Waals surface area contributed by atoms with Gasteiger partial charge in [-0.15, -0.1) is 0 Å². The number of rotatable bonds is 2. The quantitative estimate of drug-likeness (QED) is 0.807. The minimum atomic E-state index is -0.408. The van der Waals surface area contributed by atoms with Crippen LogP contribution >= 0.6 is 11.6 Å². The minimum Gasteiger partial charge on any atom is -0.494 e. The van der Waals surface area contributed by atoms with E-state index in [0.29, 0.717) is 10.8 Å². The maximum atomic E-state index is 13.5. The molecule has 0 fully saturated rings. The summed E-state index contributed by atoms with van der Waals surface area (Å²) in [4.78, 5) is 7.97. The maximum absolute atomic E-state index is 13.5. The Morgan fingerprint density at radius 3 is 2.56 bits per heavy atom. The monoisotopic (exact) mass is 238 g/mol. The van der Waals surface area contributed by atoms with E-state index < -0.39 is 5.82 Å². The number of halogens is 2. The lowest BCUT2D eigenvalue weighted by atomic mass is 10.2. The lowest BCUT2D eigenvalue weighted by Gasteiger charge is -2.03. The molecule has 3 nitrogen and oxygen atoms in total. The van der Waals surface area contributed by atoms with Crippen LogP contribution in [0.5, 0.6) is 5.75 Å². The molecule has 0 N–H and O–H groups in total. The van der Waals surface area contributed by atoms with E-state index in [-0.39, 0.29) is 11.4 Å². The molecular weight excluding hydrogens is 231 g/mol. The zero-order chi connectivity index (χ0) is 11.5. The van der Waals surface area contributed by atoms with Crippen molar-refractivity contribution in [2.75, 3.05) is 7.11 Å². The van der Waals surface area contributed by atoms with E-state index in [9.17, 15) is 4.39 Å². The van der Waals surface area contributed by atoms with Gasteiger partial charge in [-0.1, -0.05) is 11.6 Å². The third kappa shape index (κ3) is 2.12. The fourth-order valence-electron chi connectivity index (χ4n) is 1.23. The average Bonchev–Trinajstić information content (AvgIpc) is 2.32. The Balaban J connectivity index is 2.45. The molecule has 2 rings (SSSR count). The van der Waals surface area contributed by atoms with E-state index >= 15 is 0 Å². The van der Waals surface area contributed by atoms with Crippen molar-refractivity contribution in [2.24, 2.45) is 0 Å². The zero-order valence-electron chi connectivity index (χ0n) is 8.45. The summed E-state index contributed by atoms with van der Waals surface area (Å²) in [6.07, 6.45) is 2.95. The lowest BCUT2D eigenvalue weighted by molar-refractivity contribution is 0.411. The minimum absolute atomic E-state index is 0.273. The molecule has 0 spiro atoms. The van der Waals surface area contributed by atoms with Gasteiger partial charge in [0.2, 0.25) is 0 Å². The van der Waals surface area contributed by atoms with Crippen molar-refractivity contribution >= 4 is 11.6 Å². The molecule has 1 aromatic heterocycles. The highest BCUT2D eigenvalue weighted by Gasteiger charge is 2.08. The van der Waals surface area contributed by atoms with E-state index in [0.717, 1.165) is 0 Å². The molecule has 0 radical (unpaired) electrons. The van der Waals surface area contributed by atoms with E-state index in [2.05, 4.69) is 9.97 Å². The predicted octanol–water partition coefficient (Wildman–Crippen LogP) is 2.94. The molecule has 1 heterocycles. The van der Waals surface area contributed by atoms with Gasteiger partial charge in [0.25, 0.3) is 0 Å². The Morgan fingerprint density at radius 1 is 1.25 bits per heavy atom. The van der Waals surface area contributed by atoms with Gasteiger partial charge in [-0.25, -0.2) is 14.4 Å². The van der Waals surface area contributed by atoms with Gasteiger partial charge in [0, 0.05) is 5.02 Å². The first-order valence-electron chi connectivity index (χ1n) is 4.52. The molecule has 5 heteroatoms. The summed E-state index contributed by atoms with van der Waals surface area (Å²) in [5, 5.41) is 0.441. The summed E-state index contributed by atoms with van der Waals surface area (Å²) in [6.45, 7) is 0. The van der Waals surface area contributed by atoms with Crippen LogP contribution in [0, 0.1) is 5.82 Å². The third-order valence-corrected chi connectivity index (χ3v) is 2.27. The van der Waals surface area contributed by atoms with Crippen LogP contribution < -0.4 is 4.74 Å². The van der Waals surface area contributed by atoms with Gasteiger partial charge in [-0.2, -0.15) is 0 Å². The van der Waals surface area contributed by atoms with Gasteiger partial charge in [0.15, 0.2) is 11.6 Å². The van der Waals surface area contributed by atoms with Crippen molar-refractivity contribution in [1.29, 1.82) is 0 Å². The van der Waals surface area contributed by atoms with Crippen LogP contribution in [0.25, 0.3) is 11.4 Å². The van der Waals surface area contributed by atoms with Crippen LogP contribution in [0.15, 0.2) is 30.6 Å². The molecular formula is C11H8ClFN2O. The highest BCUT2D eigenvalue weighted by atomic mass is 35.5. The van der Waals surface area contributed by atoms with E-state index in [1.54, 1.807) is 0 Å². The third-order valence-electron chi connectivity index (χ3n) is 2.03. The van der Waals surface area contributed by atoms with Crippen LogP contribution in [0.4, 0.5) is 4.39 Å². The van der Waals surface area contributed by atoms with Gasteiger partial charge in [0.1, 0.15) is 5.82 Å². The number of benzene rings is 1. The number of hydrogen-bond acceptors (Lipinski definition) is 3. The van der Waals surface area contributed by atoms with Crippen molar-refractivity contribution < 1.29 is 9.13 Å². The average molecular weight is 239 g/mol. The second kappa shape index (κ2) is 4.45. The molecule has 0 aliphatic rings. The fourth-order valence-corrected chi connectivity index (χ4v) is 1.40. The molecule has 16 heavy (non-hydrogen) atoms. The molecule has 1 aromatic carbocycles. The second-order valence-electron chi connectivity index (χ2n) is 3.07. The van der Waals surface area contributed by atoms with Crippen molar-refractivity contribution in [2.45, 2.75) is 0 Å². The molecule has 0 aliphatic carbocycles. The first-order valence-corrected chi connectivity index (χ1v) is 4.90. The Kier molecular flexibility index (Phi) is 3.01. The lowest BCUT2D eigenvalue weighted by Crippen LogP contribution is -1.93. The smallest absolute Gasteiger partial charge is 0.162 e. The highest BCUT2D eigenvalue weighted by Crippen LogP contribution is 2.23. The van der Waals surface area contributed by atoms with Gasteiger partial charge in [-0.3, -0.25) is 0 Å². The Hall–Kier alpha value is -1.68. The SMILES string of the molecule is COc1cnc(-c2cc(Cl)ccc2F)nc1. The predicted molar refractivity (Wildman–Crippen MR) is 59.0 cm³/mol. The first-order chi connectivity index (χ1) is 7.70. The topological polar surface area (TPSA) is 35.0 Å². The van der Waals surface area contributed by atoms with Crippen molar-refractivity contribution in [3.63, 3.8) is 0 Å². The highest BCUT2D eigenvalue weighted by molar-refractivity contribution is 6.30. The Labute approximate surface area is 96.9 Å². The number of methoxy groups -OCH3 is 1. The summed E-state index contributed by atoms with van der Waals surface area (Å²) >= 11 is 5.78. The fraction of sp³-hybridized carbons (Fsp3) is 0.0909. The summed E-state index contributed by atoms with van der Waals surface area (Å²) < 4.78 is 18.4. The maximum Gasteiger partial charge on any atom is 0.162 e. The zero-order valence-corrected chi connectivity index (χ0v) is 9.20. The van der Waals surface area contributed by atoms with E-state index in [1.807, 2.05) is 0 Å². The Bertz CT molecular complexity index is 502. The molecule has 0 amide bonds. The summed E-state index contributed by atoms with van der Waals surface area (Å²) in [7, 11) is 1.51. The summed E-state index contributed by atoms with van der Waals surface area (Å²) in [6, 6.07) is 4.24. The van der Waals surface area contributed by atoms with Crippen LogP contribution in [-0.2, 0) is 0 Å². The molecule has 0 atom stereocenters. The van der Waals surface area contributed by atoms with Crippen molar-refractivity contribution in [1.82, 2.24) is 9.97 Å². The number of ether oxygens (including phenoxy) is 1. The normalized spacial score (nSPS) is 10.2. The van der Waals surface area contributed by atoms with Crippen LogP contribution in [0.2, 0.25) is 5.02 Å². The molecule has 82 valence electrons.